The van der Waals surface area contributed by atoms with Crippen molar-refractivity contribution in [2.24, 2.45) is 0 Å². The molecule has 1 atom stereocenters. The first-order chi connectivity index (χ1) is 13.8. The molecule has 2 amide bonds. The maximum Gasteiger partial charge on any atom is 0.315 e. The highest BCUT2D eigenvalue weighted by atomic mass is 16.5. The third-order valence-electron chi connectivity index (χ3n) is 5.06. The molecule has 6 nitrogen and oxygen atoms in total. The summed E-state index contributed by atoms with van der Waals surface area (Å²) < 4.78 is 5.41. The number of carbonyl (C=O) groups is 2. The average molecular weight is 415 g/mol. The van der Waals surface area contributed by atoms with Crippen LogP contribution in [-0.4, -0.2) is 63.9 Å². The standard InChI is InChI=1S/C23H47N3O3/c1-6-7-8-9-10-11-12-13-14-15-16-17-18-24-23(28)25-21(19-22(27)29-5)20-26(2,3)4/h21H,6-20H2,1-5H3,(H-,24,25,28)/p+1/t21-/m1/s1. The van der Waals surface area contributed by atoms with Crippen LogP contribution in [0.3, 0.4) is 0 Å². The fourth-order valence-corrected chi connectivity index (χ4v) is 3.51. The van der Waals surface area contributed by atoms with Crippen molar-refractivity contribution in [1.29, 1.82) is 0 Å². The maximum atomic E-state index is 12.1. The van der Waals surface area contributed by atoms with Crippen LogP contribution in [0.15, 0.2) is 0 Å². The van der Waals surface area contributed by atoms with Crippen LogP contribution < -0.4 is 10.6 Å². The summed E-state index contributed by atoms with van der Waals surface area (Å²) in [7, 11) is 7.49. The first-order valence-electron chi connectivity index (χ1n) is 11.7. The molecule has 0 aliphatic rings. The van der Waals surface area contributed by atoms with Gasteiger partial charge in [0.1, 0.15) is 0 Å². The van der Waals surface area contributed by atoms with Gasteiger partial charge in [-0.15, -0.1) is 0 Å². The van der Waals surface area contributed by atoms with Crippen LogP contribution in [0.25, 0.3) is 0 Å². The van der Waals surface area contributed by atoms with Gasteiger partial charge in [0.05, 0.1) is 47.3 Å². The van der Waals surface area contributed by atoms with Crippen LogP contribution in [0.1, 0.15) is 90.4 Å². The number of carbonyl (C=O) groups excluding carboxylic acids is 2. The summed E-state index contributed by atoms with van der Waals surface area (Å²) in [5.41, 5.74) is 0. The van der Waals surface area contributed by atoms with Gasteiger partial charge >= 0.3 is 12.0 Å². The van der Waals surface area contributed by atoms with E-state index in [9.17, 15) is 9.59 Å². The Morgan fingerprint density at radius 1 is 0.828 bits per heavy atom. The van der Waals surface area contributed by atoms with Gasteiger partial charge in [-0.05, 0) is 6.42 Å². The number of ether oxygens (including phenoxy) is 1. The number of quaternary nitrogens is 1. The number of hydrogen-bond donors (Lipinski definition) is 2. The Bertz CT molecular complexity index is 422. The monoisotopic (exact) mass is 414 g/mol. The zero-order valence-corrected chi connectivity index (χ0v) is 19.9. The number of amides is 2. The number of methoxy groups -OCH3 is 1. The molecule has 0 saturated heterocycles. The number of esters is 1. The molecule has 0 radical (unpaired) electrons. The highest BCUT2D eigenvalue weighted by molar-refractivity contribution is 5.76. The van der Waals surface area contributed by atoms with Gasteiger partial charge in [0, 0.05) is 6.54 Å². The van der Waals surface area contributed by atoms with Crippen molar-refractivity contribution in [1.82, 2.24) is 10.6 Å². The van der Waals surface area contributed by atoms with Crippen LogP contribution in [0.5, 0.6) is 0 Å². The maximum absolute atomic E-state index is 12.1. The first-order valence-corrected chi connectivity index (χ1v) is 11.7. The fraction of sp³-hybridized carbons (Fsp3) is 0.913. The normalized spacial score (nSPS) is 12.4. The minimum atomic E-state index is -0.301. The largest absolute Gasteiger partial charge is 0.469 e. The summed E-state index contributed by atoms with van der Waals surface area (Å²) in [4.78, 5) is 23.7. The fourth-order valence-electron chi connectivity index (χ4n) is 3.51. The zero-order chi connectivity index (χ0) is 22.0. The van der Waals surface area contributed by atoms with Gasteiger partial charge in [-0.25, -0.2) is 4.79 Å². The molecular weight excluding hydrogens is 366 g/mol. The molecule has 0 spiro atoms. The lowest BCUT2D eigenvalue weighted by Crippen LogP contribution is -2.52. The third kappa shape index (κ3) is 19.8. The van der Waals surface area contributed by atoms with E-state index in [1.54, 1.807) is 0 Å². The van der Waals surface area contributed by atoms with Gasteiger partial charge in [-0.3, -0.25) is 4.79 Å². The lowest BCUT2D eigenvalue weighted by atomic mass is 10.1. The van der Waals surface area contributed by atoms with Crippen molar-refractivity contribution in [3.63, 3.8) is 0 Å². The van der Waals surface area contributed by atoms with E-state index in [1.807, 2.05) is 21.1 Å². The number of nitrogens with zero attached hydrogens (tertiary/aromatic N) is 1. The minimum Gasteiger partial charge on any atom is -0.469 e. The second kappa shape index (κ2) is 17.5. The van der Waals surface area contributed by atoms with Crippen molar-refractivity contribution in [3.8, 4) is 0 Å². The van der Waals surface area contributed by atoms with Crippen molar-refractivity contribution < 1.29 is 18.8 Å². The van der Waals surface area contributed by atoms with Gasteiger partial charge < -0.3 is 19.9 Å². The molecule has 172 valence electrons. The van der Waals surface area contributed by atoms with Crippen LogP contribution >= 0.6 is 0 Å². The van der Waals surface area contributed by atoms with Crippen LogP contribution in [0, 0.1) is 0 Å². The summed E-state index contributed by atoms with van der Waals surface area (Å²) in [6.45, 7) is 3.61. The molecule has 0 rings (SSSR count). The molecular formula is C23H48N3O3+. The zero-order valence-electron chi connectivity index (χ0n) is 19.9. The number of likely N-dealkylation sites (N-methyl/N-ethyl adjacent to an activating group) is 1. The summed E-state index contributed by atoms with van der Waals surface area (Å²) >= 11 is 0. The van der Waals surface area contributed by atoms with Crippen LogP contribution in [0.4, 0.5) is 4.79 Å². The Hall–Kier alpha value is -1.30. The quantitative estimate of drug-likeness (QED) is 0.195. The van der Waals surface area contributed by atoms with Crippen molar-refractivity contribution in [3.05, 3.63) is 0 Å². The molecule has 0 bridgehead atoms. The van der Waals surface area contributed by atoms with E-state index in [-0.39, 0.29) is 24.5 Å². The number of rotatable bonds is 18. The molecule has 0 fully saturated rings. The molecule has 0 aliphatic heterocycles. The predicted octanol–water partition coefficient (Wildman–Crippen LogP) is 4.62. The number of nitrogens with one attached hydrogen (secondary N) is 2. The van der Waals surface area contributed by atoms with E-state index in [4.69, 9.17) is 4.74 Å². The van der Waals surface area contributed by atoms with Gasteiger partial charge in [-0.2, -0.15) is 0 Å². The molecule has 0 heterocycles. The molecule has 2 N–H and O–H groups in total. The lowest BCUT2D eigenvalue weighted by Gasteiger charge is -2.29. The Kier molecular flexibility index (Phi) is 16.8. The van der Waals surface area contributed by atoms with Gasteiger partial charge in [0.25, 0.3) is 0 Å². The van der Waals surface area contributed by atoms with Crippen LogP contribution in [0.2, 0.25) is 0 Å². The van der Waals surface area contributed by atoms with E-state index in [2.05, 4.69) is 17.6 Å². The van der Waals surface area contributed by atoms with E-state index < -0.39 is 0 Å². The summed E-state index contributed by atoms with van der Waals surface area (Å²) in [6, 6.07) is -0.431. The number of hydrogen-bond acceptors (Lipinski definition) is 3. The smallest absolute Gasteiger partial charge is 0.315 e. The highest BCUT2D eigenvalue weighted by Crippen LogP contribution is 2.11. The van der Waals surface area contributed by atoms with Gasteiger partial charge in [-0.1, -0.05) is 77.6 Å². The molecule has 0 saturated carbocycles. The van der Waals surface area contributed by atoms with Gasteiger partial charge in [0.15, 0.2) is 0 Å². The van der Waals surface area contributed by atoms with E-state index in [1.165, 1.54) is 71.3 Å². The Labute approximate surface area is 179 Å². The van der Waals surface area contributed by atoms with E-state index >= 15 is 0 Å². The van der Waals surface area contributed by atoms with Crippen molar-refractivity contribution in [2.45, 2.75) is 96.4 Å². The Morgan fingerprint density at radius 2 is 1.31 bits per heavy atom. The molecule has 0 unspecified atom stereocenters. The summed E-state index contributed by atoms with van der Waals surface area (Å²) in [6.07, 6.45) is 15.9. The van der Waals surface area contributed by atoms with Crippen LogP contribution in [-0.2, 0) is 9.53 Å². The minimum absolute atomic E-state index is 0.193. The molecule has 29 heavy (non-hydrogen) atoms. The molecule has 0 aliphatic carbocycles. The SMILES string of the molecule is CCCCCCCCCCCCCCNC(=O)N[C@H](CC(=O)OC)C[N+](C)(C)C. The predicted molar refractivity (Wildman–Crippen MR) is 121 cm³/mol. The molecule has 0 aromatic heterocycles. The second-order valence-corrected chi connectivity index (χ2v) is 9.24. The summed E-state index contributed by atoms with van der Waals surface area (Å²) in [5.74, 6) is -0.301. The topological polar surface area (TPSA) is 67.4 Å². The molecule has 0 aromatic rings. The van der Waals surface area contributed by atoms with E-state index in [0.717, 1.165) is 12.8 Å². The Balaban J connectivity index is 3.71. The Morgan fingerprint density at radius 3 is 1.76 bits per heavy atom. The molecule has 6 heteroatoms. The first kappa shape index (κ1) is 27.7. The van der Waals surface area contributed by atoms with E-state index in [0.29, 0.717) is 17.6 Å². The highest BCUT2D eigenvalue weighted by Gasteiger charge is 2.23. The number of urea groups is 1. The van der Waals surface area contributed by atoms with Crippen molar-refractivity contribution in [2.75, 3.05) is 41.3 Å². The second-order valence-electron chi connectivity index (χ2n) is 9.24. The van der Waals surface area contributed by atoms with Crippen molar-refractivity contribution >= 4 is 12.0 Å². The lowest BCUT2D eigenvalue weighted by molar-refractivity contribution is -0.871. The third-order valence-corrected chi connectivity index (χ3v) is 5.06. The van der Waals surface area contributed by atoms with Gasteiger partial charge in [0.2, 0.25) is 0 Å². The molecule has 0 aromatic carbocycles. The average Bonchev–Trinajstić information content (AvgIpc) is 2.64. The summed E-state index contributed by atoms with van der Waals surface area (Å²) in [5, 5.41) is 5.83. The number of unbranched alkanes of at least 4 members (excludes halogenated alkanes) is 11.